The largest absolute Gasteiger partial charge is 0.495 e. The molecule has 2 N–H and O–H groups in total. The average Bonchev–Trinajstić information content (AvgIpc) is 3.13. The number of nitrogens with zero attached hydrogens (tertiary/aromatic N) is 3. The number of methoxy groups -OCH3 is 1. The summed E-state index contributed by atoms with van der Waals surface area (Å²) in [6.07, 6.45) is 5.49. The lowest BCUT2D eigenvalue weighted by Crippen LogP contribution is -2.19. The molecule has 7 nitrogen and oxygen atoms in total. The van der Waals surface area contributed by atoms with E-state index in [1.165, 1.54) is 0 Å². The zero-order valence-corrected chi connectivity index (χ0v) is 14.6. The minimum absolute atomic E-state index is 0.353. The van der Waals surface area contributed by atoms with Crippen LogP contribution in [0.1, 0.15) is 0 Å². The molecule has 2 aromatic heterocycles. The van der Waals surface area contributed by atoms with Gasteiger partial charge in [-0.2, -0.15) is 0 Å². The van der Waals surface area contributed by atoms with Gasteiger partial charge in [-0.3, -0.25) is 4.40 Å². The zero-order chi connectivity index (χ0) is 18.6. The van der Waals surface area contributed by atoms with Crippen molar-refractivity contribution in [1.29, 1.82) is 0 Å². The van der Waals surface area contributed by atoms with Crippen LogP contribution in [0, 0.1) is 0 Å². The number of rotatable bonds is 4. The third kappa shape index (κ3) is 3.57. The van der Waals surface area contributed by atoms with E-state index in [1.807, 2.05) is 59.3 Å². The Kier molecular flexibility index (Phi) is 4.40. The minimum Gasteiger partial charge on any atom is -0.495 e. The Hall–Kier alpha value is -3.87. The summed E-state index contributed by atoms with van der Waals surface area (Å²) in [5.74, 6) is 1.22. The Labute approximate surface area is 155 Å². The molecule has 0 aliphatic rings. The second kappa shape index (κ2) is 7.17. The maximum Gasteiger partial charge on any atom is 0.323 e. The van der Waals surface area contributed by atoms with Crippen molar-refractivity contribution in [2.24, 2.45) is 0 Å². The summed E-state index contributed by atoms with van der Waals surface area (Å²) in [4.78, 5) is 21.1. The standard InChI is InChI=1S/C20H17N5O2/c1-27-18-9-3-2-8-16(18)24-20(26)22-15-7-4-6-14(12-15)17-13-25-11-5-10-21-19(25)23-17/h2-13H,1H3,(H2,22,24,26). The molecule has 134 valence electrons. The number of fused-ring (bicyclic) bond motifs is 1. The molecule has 0 radical (unpaired) electrons. The second-order valence-electron chi connectivity index (χ2n) is 5.81. The lowest BCUT2D eigenvalue weighted by atomic mass is 10.1. The lowest BCUT2D eigenvalue weighted by Gasteiger charge is -2.11. The van der Waals surface area contributed by atoms with Crippen LogP contribution in [0.25, 0.3) is 17.0 Å². The molecule has 4 rings (SSSR count). The normalized spacial score (nSPS) is 10.6. The maximum atomic E-state index is 12.3. The molecule has 0 aliphatic heterocycles. The summed E-state index contributed by atoms with van der Waals surface area (Å²) in [6, 6.07) is 16.2. The van der Waals surface area contributed by atoms with Gasteiger partial charge in [0.2, 0.25) is 5.78 Å². The highest BCUT2D eigenvalue weighted by Gasteiger charge is 2.09. The van der Waals surface area contributed by atoms with E-state index < -0.39 is 0 Å². The van der Waals surface area contributed by atoms with Crippen molar-refractivity contribution in [3.63, 3.8) is 0 Å². The number of urea groups is 1. The molecule has 0 saturated carbocycles. The number of imidazole rings is 1. The summed E-state index contributed by atoms with van der Waals surface area (Å²) >= 11 is 0. The first kappa shape index (κ1) is 16.6. The van der Waals surface area contributed by atoms with E-state index in [0.717, 1.165) is 11.3 Å². The predicted molar refractivity (Wildman–Crippen MR) is 104 cm³/mol. The third-order valence-electron chi connectivity index (χ3n) is 4.01. The van der Waals surface area contributed by atoms with Crippen LogP contribution in [-0.4, -0.2) is 27.5 Å². The molecule has 0 saturated heterocycles. The van der Waals surface area contributed by atoms with Crippen LogP contribution in [0.2, 0.25) is 0 Å². The highest BCUT2D eigenvalue weighted by atomic mass is 16.5. The van der Waals surface area contributed by atoms with Gasteiger partial charge in [-0.25, -0.2) is 14.8 Å². The fourth-order valence-corrected chi connectivity index (χ4v) is 2.76. The molecule has 0 spiro atoms. The van der Waals surface area contributed by atoms with E-state index in [1.54, 1.807) is 25.4 Å². The molecule has 0 unspecified atom stereocenters. The number of ether oxygens (including phenoxy) is 1. The Balaban J connectivity index is 1.53. The molecule has 4 aromatic rings. The molecule has 0 aliphatic carbocycles. The fraction of sp³-hybridized carbons (Fsp3) is 0.0500. The Morgan fingerprint density at radius 1 is 1.07 bits per heavy atom. The Morgan fingerprint density at radius 3 is 2.81 bits per heavy atom. The van der Waals surface area contributed by atoms with Crippen molar-refractivity contribution in [1.82, 2.24) is 14.4 Å². The predicted octanol–water partition coefficient (Wildman–Crippen LogP) is 4.05. The molecular formula is C20H17N5O2. The van der Waals surface area contributed by atoms with Crippen molar-refractivity contribution in [2.75, 3.05) is 17.7 Å². The van der Waals surface area contributed by atoms with Crippen LogP contribution >= 0.6 is 0 Å². The minimum atomic E-state index is -0.353. The number of carbonyl (C=O) groups is 1. The SMILES string of the molecule is COc1ccccc1NC(=O)Nc1cccc(-c2cn3cccnc3n2)c1. The summed E-state index contributed by atoms with van der Waals surface area (Å²) in [6.45, 7) is 0. The van der Waals surface area contributed by atoms with E-state index in [4.69, 9.17) is 4.74 Å². The van der Waals surface area contributed by atoms with Crippen LogP contribution in [-0.2, 0) is 0 Å². The van der Waals surface area contributed by atoms with Crippen molar-refractivity contribution < 1.29 is 9.53 Å². The molecular weight excluding hydrogens is 342 g/mol. The van der Waals surface area contributed by atoms with Gasteiger partial charge in [0.25, 0.3) is 0 Å². The van der Waals surface area contributed by atoms with Gasteiger partial charge in [-0.1, -0.05) is 24.3 Å². The van der Waals surface area contributed by atoms with Crippen molar-refractivity contribution >= 4 is 23.2 Å². The topological polar surface area (TPSA) is 80.5 Å². The zero-order valence-electron chi connectivity index (χ0n) is 14.6. The molecule has 2 aromatic carbocycles. The summed E-state index contributed by atoms with van der Waals surface area (Å²) in [5, 5.41) is 5.62. The maximum absolute atomic E-state index is 12.3. The van der Waals surface area contributed by atoms with Crippen molar-refractivity contribution in [2.45, 2.75) is 0 Å². The number of aromatic nitrogens is 3. The monoisotopic (exact) mass is 359 g/mol. The van der Waals surface area contributed by atoms with Gasteiger partial charge < -0.3 is 15.4 Å². The van der Waals surface area contributed by atoms with E-state index in [0.29, 0.717) is 22.9 Å². The van der Waals surface area contributed by atoms with E-state index in [2.05, 4.69) is 20.6 Å². The van der Waals surface area contributed by atoms with Crippen LogP contribution in [0.3, 0.4) is 0 Å². The van der Waals surface area contributed by atoms with Crippen LogP contribution in [0.15, 0.2) is 73.2 Å². The van der Waals surface area contributed by atoms with Crippen LogP contribution in [0.5, 0.6) is 5.75 Å². The highest BCUT2D eigenvalue weighted by Crippen LogP contribution is 2.24. The first-order chi connectivity index (χ1) is 13.2. The number of carbonyl (C=O) groups excluding carboxylic acids is 1. The van der Waals surface area contributed by atoms with Gasteiger partial charge in [0.15, 0.2) is 0 Å². The van der Waals surface area contributed by atoms with Gasteiger partial charge in [0, 0.05) is 29.8 Å². The number of hydrogen-bond acceptors (Lipinski definition) is 4. The van der Waals surface area contributed by atoms with Gasteiger partial charge in [0.05, 0.1) is 18.5 Å². The van der Waals surface area contributed by atoms with E-state index >= 15 is 0 Å². The number of amides is 2. The Morgan fingerprint density at radius 2 is 1.96 bits per heavy atom. The first-order valence-corrected chi connectivity index (χ1v) is 8.34. The average molecular weight is 359 g/mol. The lowest BCUT2D eigenvalue weighted by molar-refractivity contribution is 0.262. The Bertz CT molecular complexity index is 1070. The molecule has 2 heterocycles. The van der Waals surface area contributed by atoms with E-state index in [9.17, 15) is 4.79 Å². The number of hydrogen-bond donors (Lipinski definition) is 2. The molecule has 0 atom stereocenters. The third-order valence-corrected chi connectivity index (χ3v) is 4.01. The van der Waals surface area contributed by atoms with Crippen LogP contribution in [0.4, 0.5) is 16.2 Å². The van der Waals surface area contributed by atoms with Crippen molar-refractivity contribution in [3.8, 4) is 17.0 Å². The van der Waals surface area contributed by atoms with Gasteiger partial charge in [-0.15, -0.1) is 0 Å². The summed E-state index contributed by atoms with van der Waals surface area (Å²) < 4.78 is 7.09. The molecule has 0 fully saturated rings. The second-order valence-corrected chi connectivity index (χ2v) is 5.81. The smallest absolute Gasteiger partial charge is 0.323 e. The van der Waals surface area contributed by atoms with Gasteiger partial charge in [-0.05, 0) is 30.3 Å². The van der Waals surface area contributed by atoms with E-state index in [-0.39, 0.29) is 6.03 Å². The summed E-state index contributed by atoms with van der Waals surface area (Å²) in [7, 11) is 1.56. The number of benzene rings is 2. The molecule has 2 amide bonds. The number of anilines is 2. The molecule has 7 heteroatoms. The fourth-order valence-electron chi connectivity index (χ4n) is 2.76. The summed E-state index contributed by atoms with van der Waals surface area (Å²) in [5.41, 5.74) is 2.92. The van der Waals surface area contributed by atoms with Crippen LogP contribution < -0.4 is 15.4 Å². The molecule has 27 heavy (non-hydrogen) atoms. The quantitative estimate of drug-likeness (QED) is 0.576. The highest BCUT2D eigenvalue weighted by molar-refractivity contribution is 6.01. The van der Waals surface area contributed by atoms with Gasteiger partial charge in [0.1, 0.15) is 5.75 Å². The number of nitrogens with one attached hydrogen (secondary N) is 2. The molecule has 0 bridgehead atoms. The van der Waals surface area contributed by atoms with Gasteiger partial charge >= 0.3 is 6.03 Å². The first-order valence-electron chi connectivity index (χ1n) is 8.34. The van der Waals surface area contributed by atoms with Crippen molar-refractivity contribution in [3.05, 3.63) is 73.2 Å². The number of para-hydroxylation sites is 2.